The van der Waals surface area contributed by atoms with Crippen LogP contribution in [-0.2, 0) is 0 Å². The van der Waals surface area contributed by atoms with E-state index in [-0.39, 0.29) is 17.7 Å². The largest absolute Gasteiger partial charge is 0.476 e. The third-order valence-corrected chi connectivity index (χ3v) is 2.62. The lowest BCUT2D eigenvalue weighted by Gasteiger charge is -2.13. The maximum Gasteiger partial charge on any atom is 0.356 e. The SMILES string of the molecule is CCCCCCC(C)Oc1cncc(C(=O)O)n1. The second-order valence-electron chi connectivity index (χ2n) is 4.33. The molecule has 18 heavy (non-hydrogen) atoms. The number of rotatable bonds is 8. The molecule has 0 aliphatic rings. The zero-order chi connectivity index (χ0) is 13.4. The van der Waals surface area contributed by atoms with Crippen molar-refractivity contribution in [3.8, 4) is 5.88 Å². The van der Waals surface area contributed by atoms with Crippen LogP contribution in [0.4, 0.5) is 0 Å². The van der Waals surface area contributed by atoms with E-state index in [1.165, 1.54) is 31.7 Å². The van der Waals surface area contributed by atoms with Crippen molar-refractivity contribution in [2.75, 3.05) is 0 Å². The molecular formula is C13H20N2O3. The molecule has 0 bridgehead atoms. The molecule has 0 aliphatic carbocycles. The van der Waals surface area contributed by atoms with Crippen LogP contribution in [-0.4, -0.2) is 27.1 Å². The normalized spacial score (nSPS) is 12.1. The van der Waals surface area contributed by atoms with E-state index in [0.717, 1.165) is 12.8 Å². The molecule has 1 heterocycles. The number of carboxylic acid groups (broad SMARTS) is 1. The molecule has 0 fully saturated rings. The average Bonchev–Trinajstić information content (AvgIpc) is 2.35. The molecule has 5 heteroatoms. The van der Waals surface area contributed by atoms with E-state index < -0.39 is 5.97 Å². The average molecular weight is 252 g/mol. The van der Waals surface area contributed by atoms with Crippen molar-refractivity contribution in [3.05, 3.63) is 18.1 Å². The van der Waals surface area contributed by atoms with Gasteiger partial charge in [-0.2, -0.15) is 0 Å². The van der Waals surface area contributed by atoms with Crippen LogP contribution >= 0.6 is 0 Å². The molecule has 5 nitrogen and oxygen atoms in total. The lowest BCUT2D eigenvalue weighted by Crippen LogP contribution is -2.13. The molecule has 1 aromatic rings. The third kappa shape index (κ3) is 5.12. The summed E-state index contributed by atoms with van der Waals surface area (Å²) in [5, 5.41) is 8.79. The molecular weight excluding hydrogens is 232 g/mol. The summed E-state index contributed by atoms with van der Waals surface area (Å²) in [6.45, 7) is 4.13. The fourth-order valence-electron chi connectivity index (χ4n) is 1.63. The summed E-state index contributed by atoms with van der Waals surface area (Å²) in [5.41, 5.74) is -0.0920. The monoisotopic (exact) mass is 252 g/mol. The minimum Gasteiger partial charge on any atom is -0.476 e. The Kier molecular flexibility index (Phi) is 6.11. The molecule has 1 N–H and O–H groups in total. The van der Waals surface area contributed by atoms with Gasteiger partial charge in [-0.25, -0.2) is 9.78 Å². The quantitative estimate of drug-likeness (QED) is 0.720. The highest BCUT2D eigenvalue weighted by atomic mass is 16.5. The Hall–Kier alpha value is -1.65. The molecule has 0 saturated carbocycles. The van der Waals surface area contributed by atoms with Crippen molar-refractivity contribution in [1.29, 1.82) is 0 Å². The first-order valence-electron chi connectivity index (χ1n) is 6.35. The molecule has 0 radical (unpaired) electrons. The highest BCUT2D eigenvalue weighted by Crippen LogP contribution is 2.12. The number of aromatic carboxylic acids is 1. The number of nitrogens with zero attached hydrogens (tertiary/aromatic N) is 2. The first-order chi connectivity index (χ1) is 8.63. The van der Waals surface area contributed by atoms with Crippen LogP contribution < -0.4 is 4.74 Å². The summed E-state index contributed by atoms with van der Waals surface area (Å²) >= 11 is 0. The molecule has 0 spiro atoms. The number of hydrogen-bond donors (Lipinski definition) is 1. The lowest BCUT2D eigenvalue weighted by atomic mass is 10.1. The standard InChI is InChI=1S/C13H20N2O3/c1-3-4-5-6-7-10(2)18-12-9-14-8-11(15-12)13(16)17/h8-10H,3-7H2,1-2H3,(H,16,17). The Morgan fingerprint density at radius 2 is 2.17 bits per heavy atom. The second kappa shape index (κ2) is 7.63. The van der Waals surface area contributed by atoms with Gasteiger partial charge in [0, 0.05) is 0 Å². The Morgan fingerprint density at radius 1 is 1.39 bits per heavy atom. The summed E-state index contributed by atoms with van der Waals surface area (Å²) in [7, 11) is 0. The number of hydrogen-bond acceptors (Lipinski definition) is 4. The first-order valence-corrected chi connectivity index (χ1v) is 6.35. The minimum absolute atomic E-state index is 0.0280. The highest BCUT2D eigenvalue weighted by Gasteiger charge is 2.09. The van der Waals surface area contributed by atoms with Crippen molar-refractivity contribution < 1.29 is 14.6 Å². The maximum absolute atomic E-state index is 10.7. The van der Waals surface area contributed by atoms with Gasteiger partial charge in [0.15, 0.2) is 5.69 Å². The van der Waals surface area contributed by atoms with Gasteiger partial charge in [0.1, 0.15) is 0 Å². The van der Waals surface area contributed by atoms with Crippen molar-refractivity contribution in [2.45, 2.75) is 52.1 Å². The van der Waals surface area contributed by atoms with Gasteiger partial charge in [-0.3, -0.25) is 4.98 Å². The number of unbranched alkanes of at least 4 members (excludes halogenated alkanes) is 3. The van der Waals surface area contributed by atoms with Crippen LogP contribution in [0.3, 0.4) is 0 Å². The summed E-state index contributed by atoms with van der Waals surface area (Å²) < 4.78 is 5.55. The van der Waals surface area contributed by atoms with Gasteiger partial charge in [0.05, 0.1) is 18.5 Å². The van der Waals surface area contributed by atoms with Crippen molar-refractivity contribution in [2.24, 2.45) is 0 Å². The van der Waals surface area contributed by atoms with Crippen molar-refractivity contribution >= 4 is 5.97 Å². The van der Waals surface area contributed by atoms with E-state index in [1.807, 2.05) is 6.92 Å². The van der Waals surface area contributed by atoms with Crippen LogP contribution in [0.25, 0.3) is 0 Å². The second-order valence-corrected chi connectivity index (χ2v) is 4.33. The molecule has 1 unspecified atom stereocenters. The Balaban J connectivity index is 2.41. The smallest absolute Gasteiger partial charge is 0.356 e. The van der Waals surface area contributed by atoms with Crippen LogP contribution in [0, 0.1) is 0 Å². The molecule has 100 valence electrons. The molecule has 1 aromatic heterocycles. The van der Waals surface area contributed by atoms with Gasteiger partial charge in [-0.1, -0.05) is 26.2 Å². The zero-order valence-electron chi connectivity index (χ0n) is 10.9. The van der Waals surface area contributed by atoms with Gasteiger partial charge in [0.2, 0.25) is 5.88 Å². The van der Waals surface area contributed by atoms with Crippen LogP contribution in [0.2, 0.25) is 0 Å². The van der Waals surface area contributed by atoms with Gasteiger partial charge in [0.25, 0.3) is 0 Å². The van der Waals surface area contributed by atoms with Crippen LogP contribution in [0.5, 0.6) is 5.88 Å². The molecule has 0 aromatic carbocycles. The fraction of sp³-hybridized carbons (Fsp3) is 0.615. The molecule has 1 atom stereocenters. The van der Waals surface area contributed by atoms with Crippen LogP contribution in [0.15, 0.2) is 12.4 Å². The van der Waals surface area contributed by atoms with E-state index in [2.05, 4.69) is 16.9 Å². The summed E-state index contributed by atoms with van der Waals surface area (Å²) in [5.74, 6) is -0.818. The third-order valence-electron chi connectivity index (χ3n) is 2.62. The fourth-order valence-corrected chi connectivity index (χ4v) is 1.63. The molecule has 1 rings (SSSR count). The van der Waals surface area contributed by atoms with Gasteiger partial charge in [-0.05, 0) is 19.8 Å². The predicted molar refractivity (Wildman–Crippen MR) is 67.8 cm³/mol. The van der Waals surface area contributed by atoms with Gasteiger partial charge < -0.3 is 9.84 Å². The van der Waals surface area contributed by atoms with Gasteiger partial charge in [-0.15, -0.1) is 0 Å². The van der Waals surface area contributed by atoms with Crippen LogP contribution in [0.1, 0.15) is 56.4 Å². The number of carboxylic acids is 1. The van der Waals surface area contributed by atoms with Gasteiger partial charge >= 0.3 is 5.97 Å². The molecule has 0 aliphatic heterocycles. The lowest BCUT2D eigenvalue weighted by molar-refractivity contribution is 0.0687. The Morgan fingerprint density at radius 3 is 2.83 bits per heavy atom. The zero-order valence-corrected chi connectivity index (χ0v) is 10.9. The summed E-state index contributed by atoms with van der Waals surface area (Å²) in [6, 6.07) is 0. The van der Waals surface area contributed by atoms with E-state index in [0.29, 0.717) is 0 Å². The molecule has 0 saturated heterocycles. The molecule has 0 amide bonds. The topological polar surface area (TPSA) is 72.3 Å². The predicted octanol–water partition coefficient (Wildman–Crippen LogP) is 2.91. The Bertz CT molecular complexity index is 382. The number of carbonyl (C=O) groups is 1. The summed E-state index contributed by atoms with van der Waals surface area (Å²) in [4.78, 5) is 18.4. The maximum atomic E-state index is 10.7. The van der Waals surface area contributed by atoms with E-state index in [4.69, 9.17) is 9.84 Å². The highest BCUT2D eigenvalue weighted by molar-refractivity contribution is 5.84. The van der Waals surface area contributed by atoms with E-state index in [1.54, 1.807) is 0 Å². The van der Waals surface area contributed by atoms with E-state index >= 15 is 0 Å². The summed E-state index contributed by atoms with van der Waals surface area (Å²) in [6.07, 6.45) is 8.38. The van der Waals surface area contributed by atoms with Crippen molar-refractivity contribution in [3.63, 3.8) is 0 Å². The Labute approximate surface area is 107 Å². The minimum atomic E-state index is -1.09. The number of aromatic nitrogens is 2. The van der Waals surface area contributed by atoms with Crippen molar-refractivity contribution in [1.82, 2.24) is 9.97 Å². The first kappa shape index (κ1) is 14.4. The van der Waals surface area contributed by atoms with E-state index in [9.17, 15) is 4.79 Å². The number of ether oxygens (including phenoxy) is 1.